The Labute approximate surface area is 206 Å². The average molecular weight is 489 g/mol. The van der Waals surface area contributed by atoms with E-state index >= 15 is 0 Å². The van der Waals surface area contributed by atoms with Gasteiger partial charge in [0, 0.05) is 28.6 Å². The molecule has 2 aliphatic heterocycles. The van der Waals surface area contributed by atoms with Crippen molar-refractivity contribution in [2.75, 3.05) is 18.6 Å². The second-order valence-electron chi connectivity index (χ2n) is 9.10. The van der Waals surface area contributed by atoms with Crippen molar-refractivity contribution in [1.29, 1.82) is 0 Å². The van der Waals surface area contributed by atoms with Gasteiger partial charge in [-0.05, 0) is 48.2 Å². The molecule has 0 N–H and O–H groups in total. The summed E-state index contributed by atoms with van der Waals surface area (Å²) in [4.78, 5) is 1.53. The monoisotopic (exact) mass is 488 g/mol. The summed E-state index contributed by atoms with van der Waals surface area (Å²) in [6.45, 7) is -0.511. The minimum absolute atomic E-state index is 0.377. The molecule has 6 rings (SSSR count). The second kappa shape index (κ2) is 8.55. The van der Waals surface area contributed by atoms with Crippen LogP contribution in [0, 0.1) is 5.82 Å². The predicted molar refractivity (Wildman–Crippen MR) is 132 cm³/mol. The fraction of sp³-hybridized carbons (Fsp3) is 0.214. The zero-order chi connectivity index (χ0) is 24.9. The Morgan fingerprint density at radius 3 is 2.56 bits per heavy atom. The molecule has 3 heterocycles. The summed E-state index contributed by atoms with van der Waals surface area (Å²) in [7, 11) is 1.64. The number of benzene rings is 3. The minimum atomic E-state index is -3.01. The third-order valence-electron chi connectivity index (χ3n) is 6.85. The van der Waals surface area contributed by atoms with Gasteiger partial charge in [-0.25, -0.2) is 9.07 Å². The SMILES string of the molecule is COc1cccc(-c2ccc(-c3cn(C4CCc5c(F)cccc5N5CC(F)(F)C=C45)nn3)cc2)c1. The molecule has 2 aliphatic rings. The Morgan fingerprint density at radius 1 is 0.972 bits per heavy atom. The van der Waals surface area contributed by atoms with Crippen LogP contribution < -0.4 is 9.64 Å². The Hall–Kier alpha value is -4.07. The summed E-state index contributed by atoms with van der Waals surface area (Å²) in [6, 6.07) is 19.9. The Bertz CT molecular complexity index is 1460. The molecule has 0 radical (unpaired) electrons. The highest BCUT2D eigenvalue weighted by atomic mass is 19.3. The standard InChI is InChI=1S/C28H23F3N4O/c1-36-21-5-2-4-20(14-21)18-8-10-19(11-9-18)24-16-35(33-32-24)26-13-12-22-23(29)6-3-7-25(22)34-17-28(30,31)15-27(26)34/h2-11,14-16,26H,12-13,17H2,1H3. The number of rotatable bonds is 4. The summed E-state index contributed by atoms with van der Waals surface area (Å²) < 4.78 is 50.5. The van der Waals surface area contributed by atoms with E-state index in [1.807, 2.05) is 48.5 Å². The maximum Gasteiger partial charge on any atom is 0.286 e. The van der Waals surface area contributed by atoms with Gasteiger partial charge in [-0.2, -0.15) is 8.78 Å². The molecule has 3 aromatic carbocycles. The van der Waals surface area contributed by atoms with Crippen molar-refractivity contribution >= 4 is 5.69 Å². The van der Waals surface area contributed by atoms with Gasteiger partial charge in [0.05, 0.1) is 25.9 Å². The van der Waals surface area contributed by atoms with Crippen molar-refractivity contribution in [1.82, 2.24) is 15.0 Å². The lowest BCUT2D eigenvalue weighted by Gasteiger charge is -2.26. The molecule has 4 aromatic rings. The lowest BCUT2D eigenvalue weighted by atomic mass is 10.0. The number of fused-ring (bicyclic) bond motifs is 3. The Kier molecular flexibility index (Phi) is 5.32. The molecule has 0 saturated carbocycles. The molecule has 0 aliphatic carbocycles. The molecule has 8 heteroatoms. The van der Waals surface area contributed by atoms with E-state index in [1.54, 1.807) is 30.1 Å². The molecule has 1 atom stereocenters. The smallest absolute Gasteiger partial charge is 0.286 e. The third kappa shape index (κ3) is 3.92. The summed E-state index contributed by atoms with van der Waals surface area (Å²) in [5, 5.41) is 8.62. The van der Waals surface area contributed by atoms with Crippen molar-refractivity contribution in [2.24, 2.45) is 0 Å². The number of methoxy groups -OCH3 is 1. The van der Waals surface area contributed by atoms with Gasteiger partial charge in [-0.1, -0.05) is 47.7 Å². The molecular weight excluding hydrogens is 465 g/mol. The lowest BCUT2D eigenvalue weighted by Crippen LogP contribution is -2.29. The van der Waals surface area contributed by atoms with Gasteiger partial charge in [0.25, 0.3) is 5.92 Å². The zero-order valence-electron chi connectivity index (χ0n) is 19.5. The number of allylic oxidation sites excluding steroid dienone is 1. The quantitative estimate of drug-likeness (QED) is 0.339. The fourth-order valence-corrected chi connectivity index (χ4v) is 5.08. The number of nitrogens with zero attached hydrogens (tertiary/aromatic N) is 4. The van der Waals surface area contributed by atoms with E-state index < -0.39 is 18.5 Å². The van der Waals surface area contributed by atoms with E-state index in [2.05, 4.69) is 10.3 Å². The average Bonchev–Trinajstić information content (AvgIpc) is 3.46. The van der Waals surface area contributed by atoms with E-state index in [-0.39, 0.29) is 5.82 Å². The number of hydrogen-bond acceptors (Lipinski definition) is 4. The van der Waals surface area contributed by atoms with Crippen LogP contribution in [0.3, 0.4) is 0 Å². The van der Waals surface area contributed by atoms with Crippen LogP contribution in [0.2, 0.25) is 0 Å². The highest BCUT2D eigenvalue weighted by molar-refractivity contribution is 5.69. The fourth-order valence-electron chi connectivity index (χ4n) is 5.08. The normalized spacial score (nSPS) is 18.3. The van der Waals surface area contributed by atoms with Crippen LogP contribution in [0.15, 0.2) is 84.7 Å². The minimum Gasteiger partial charge on any atom is -0.497 e. The van der Waals surface area contributed by atoms with Gasteiger partial charge in [0.15, 0.2) is 0 Å². The van der Waals surface area contributed by atoms with Gasteiger partial charge in [0.2, 0.25) is 0 Å². The van der Waals surface area contributed by atoms with Crippen molar-refractivity contribution in [3.05, 3.63) is 96.1 Å². The number of anilines is 1. The molecule has 0 spiro atoms. The van der Waals surface area contributed by atoms with Crippen LogP contribution in [0.1, 0.15) is 18.0 Å². The van der Waals surface area contributed by atoms with E-state index in [0.717, 1.165) is 28.5 Å². The first-order chi connectivity index (χ1) is 17.4. The molecule has 0 amide bonds. The van der Waals surface area contributed by atoms with Crippen LogP contribution in [0.25, 0.3) is 22.4 Å². The molecule has 5 nitrogen and oxygen atoms in total. The second-order valence-corrected chi connectivity index (χ2v) is 9.10. The summed E-state index contributed by atoms with van der Waals surface area (Å²) in [6.07, 6.45) is 3.61. The number of hydrogen-bond donors (Lipinski definition) is 0. The molecule has 0 bridgehead atoms. The van der Waals surface area contributed by atoms with Gasteiger partial charge in [0.1, 0.15) is 17.3 Å². The molecule has 1 aromatic heterocycles. The van der Waals surface area contributed by atoms with Crippen LogP contribution in [0.4, 0.5) is 18.9 Å². The number of aromatic nitrogens is 3. The molecule has 36 heavy (non-hydrogen) atoms. The van der Waals surface area contributed by atoms with Crippen molar-refractivity contribution in [3.63, 3.8) is 0 Å². The molecule has 0 saturated heterocycles. The summed E-state index contributed by atoms with van der Waals surface area (Å²) in [5.74, 6) is -2.60. The number of alkyl halides is 2. The molecule has 182 valence electrons. The number of halogens is 3. The molecular formula is C28H23F3N4O. The molecule has 0 fully saturated rings. The first kappa shape index (κ1) is 22.4. The Morgan fingerprint density at radius 2 is 1.75 bits per heavy atom. The van der Waals surface area contributed by atoms with Gasteiger partial charge >= 0.3 is 0 Å². The maximum absolute atomic E-state index is 14.6. The Balaban J connectivity index is 1.31. The lowest BCUT2D eigenvalue weighted by molar-refractivity contribution is 0.0728. The largest absolute Gasteiger partial charge is 0.497 e. The van der Waals surface area contributed by atoms with Gasteiger partial charge in [-0.3, -0.25) is 0 Å². The van der Waals surface area contributed by atoms with E-state index in [4.69, 9.17) is 4.74 Å². The summed E-state index contributed by atoms with van der Waals surface area (Å²) >= 11 is 0. The van der Waals surface area contributed by atoms with Crippen LogP contribution in [-0.4, -0.2) is 34.6 Å². The van der Waals surface area contributed by atoms with E-state index in [0.29, 0.717) is 35.5 Å². The first-order valence-corrected chi connectivity index (χ1v) is 11.7. The molecule has 1 unspecified atom stereocenters. The van der Waals surface area contributed by atoms with Crippen LogP contribution in [-0.2, 0) is 6.42 Å². The maximum atomic E-state index is 14.6. The summed E-state index contributed by atoms with van der Waals surface area (Å²) in [5.41, 5.74) is 4.93. The topological polar surface area (TPSA) is 43.2 Å². The van der Waals surface area contributed by atoms with Crippen molar-refractivity contribution in [3.8, 4) is 28.1 Å². The highest BCUT2D eigenvalue weighted by Gasteiger charge is 2.43. The van der Waals surface area contributed by atoms with Crippen molar-refractivity contribution in [2.45, 2.75) is 24.8 Å². The van der Waals surface area contributed by atoms with Gasteiger partial charge < -0.3 is 9.64 Å². The predicted octanol–water partition coefficient (Wildman–Crippen LogP) is 6.29. The zero-order valence-corrected chi connectivity index (χ0v) is 19.5. The van der Waals surface area contributed by atoms with Crippen molar-refractivity contribution < 1.29 is 17.9 Å². The highest BCUT2D eigenvalue weighted by Crippen LogP contribution is 2.44. The van der Waals surface area contributed by atoms with E-state index in [1.165, 1.54) is 11.0 Å². The van der Waals surface area contributed by atoms with Crippen LogP contribution >= 0.6 is 0 Å². The van der Waals surface area contributed by atoms with E-state index in [9.17, 15) is 13.2 Å². The number of ether oxygens (including phenoxy) is 1. The first-order valence-electron chi connectivity index (χ1n) is 11.7. The third-order valence-corrected chi connectivity index (χ3v) is 6.85. The van der Waals surface area contributed by atoms with Crippen LogP contribution in [0.5, 0.6) is 5.75 Å². The van der Waals surface area contributed by atoms with Gasteiger partial charge in [-0.15, -0.1) is 5.10 Å².